The van der Waals surface area contributed by atoms with E-state index in [1.165, 1.54) is 18.3 Å². The minimum atomic E-state index is -2.04. The maximum absolute atomic E-state index is 13.7. The van der Waals surface area contributed by atoms with E-state index < -0.39 is 153 Å². The van der Waals surface area contributed by atoms with Gasteiger partial charge >= 0.3 is 35.8 Å². The first-order valence-electron chi connectivity index (χ1n) is 20.1. The van der Waals surface area contributed by atoms with Crippen LogP contribution in [0.3, 0.4) is 0 Å². The molecule has 0 saturated heterocycles. The number of nitrogens with two attached hydrogens (primary N) is 2. The Balaban J connectivity index is 1.82. The number of nitrogens with one attached hydrogen (secondary N) is 5. The van der Waals surface area contributed by atoms with Crippen molar-refractivity contribution in [3.05, 3.63) is 41.7 Å². The molecular formula is C39H48N12O17. The molecule has 0 aliphatic heterocycles. The second-order valence-electron chi connectivity index (χ2n) is 14.8. The highest BCUT2D eigenvalue weighted by Gasteiger charge is 2.34. The van der Waals surface area contributed by atoms with E-state index in [9.17, 15) is 78.3 Å². The van der Waals surface area contributed by atoms with Crippen LogP contribution in [0.4, 0.5) is 17.5 Å². The first-order valence-corrected chi connectivity index (χ1v) is 20.1. The van der Waals surface area contributed by atoms with Gasteiger partial charge < -0.3 is 73.6 Å². The molecule has 5 amide bonds. The van der Waals surface area contributed by atoms with Crippen molar-refractivity contribution < 1.29 is 83.4 Å². The molecule has 0 spiro atoms. The van der Waals surface area contributed by atoms with E-state index in [1.807, 2.05) is 5.32 Å². The van der Waals surface area contributed by atoms with Gasteiger partial charge in [0.2, 0.25) is 29.6 Å². The highest BCUT2D eigenvalue weighted by Crippen LogP contribution is 2.19. The lowest BCUT2D eigenvalue weighted by molar-refractivity contribution is -0.147. The van der Waals surface area contributed by atoms with Gasteiger partial charge in [0.1, 0.15) is 30.2 Å². The molecule has 29 nitrogen and oxygen atoms in total. The number of fused-ring (bicyclic) bond motifs is 1. The number of hydrogen-bond donors (Lipinski definition) is 13. The van der Waals surface area contributed by atoms with Gasteiger partial charge in [-0.3, -0.25) is 47.9 Å². The van der Waals surface area contributed by atoms with Crippen LogP contribution in [0.25, 0.3) is 11.2 Å². The molecule has 2 heterocycles. The summed E-state index contributed by atoms with van der Waals surface area (Å²) < 4.78 is 0. The van der Waals surface area contributed by atoms with Crippen LogP contribution in [0, 0.1) is 0 Å². The third-order valence-electron chi connectivity index (χ3n) is 9.57. The first kappa shape index (κ1) is 53.5. The summed E-state index contributed by atoms with van der Waals surface area (Å²) in [5.74, 6) is -15.4. The molecule has 68 heavy (non-hydrogen) atoms. The van der Waals surface area contributed by atoms with E-state index in [4.69, 9.17) is 16.6 Å². The van der Waals surface area contributed by atoms with Crippen molar-refractivity contribution in [2.45, 2.75) is 94.5 Å². The lowest BCUT2D eigenvalue weighted by Gasteiger charge is -2.26. The molecule has 5 atom stereocenters. The third-order valence-corrected chi connectivity index (χ3v) is 9.57. The maximum atomic E-state index is 13.7. The SMILES string of the molecule is CN(Cc1cnc2nc(N)nc(N)c2n1)c1ccc(C(=O)N[C@@H](CCC(=O)O)C(=O)N[C@@H](CCC(=O)O)C(=O)N[C@@H](CCC(=O)O)C(=O)N[C@@H](CCC(=O)O)C(=O)N[C@@H](CC(=O)O)C(=O)O)cc1. The summed E-state index contributed by atoms with van der Waals surface area (Å²) in [6, 6.07) is -3.50. The molecule has 0 saturated carbocycles. The monoisotopic (exact) mass is 956 g/mol. The first-order chi connectivity index (χ1) is 31.9. The van der Waals surface area contributed by atoms with Crippen LogP contribution in [0.5, 0.6) is 0 Å². The molecule has 29 heteroatoms. The minimum absolute atomic E-state index is 0.00792. The Morgan fingerprint density at radius 2 is 0.971 bits per heavy atom. The van der Waals surface area contributed by atoms with Crippen LogP contribution in [-0.2, 0) is 54.5 Å². The predicted molar refractivity (Wildman–Crippen MR) is 229 cm³/mol. The minimum Gasteiger partial charge on any atom is -0.481 e. The molecule has 0 fully saturated rings. The molecule has 0 unspecified atom stereocenters. The molecular weight excluding hydrogens is 908 g/mol. The topological polar surface area (TPSA) is 476 Å². The number of anilines is 3. The van der Waals surface area contributed by atoms with E-state index in [0.717, 1.165) is 0 Å². The van der Waals surface area contributed by atoms with Crippen molar-refractivity contribution in [3.8, 4) is 0 Å². The summed E-state index contributed by atoms with van der Waals surface area (Å²) in [6.45, 7) is 0.201. The van der Waals surface area contributed by atoms with Gasteiger partial charge in [0.15, 0.2) is 17.0 Å². The van der Waals surface area contributed by atoms with Crippen molar-refractivity contribution in [2.75, 3.05) is 23.4 Å². The largest absolute Gasteiger partial charge is 0.481 e. The summed E-state index contributed by atoms with van der Waals surface area (Å²) >= 11 is 0. The number of nitrogen functional groups attached to an aromatic ring is 2. The lowest BCUT2D eigenvalue weighted by Crippen LogP contribution is -2.59. The second kappa shape index (κ2) is 25.1. The van der Waals surface area contributed by atoms with Gasteiger partial charge in [0, 0.05) is 44.0 Å². The standard InChI is InChI=1S/C39H48N12O17/c1-51(16-18-15-42-32-30(43-18)31(40)49-39(41)50-32)19-4-2-17(3-5-19)33(62)44-20(6-10-25(52)53)34(63)45-21(7-11-26(54)55)35(64)46-22(8-12-27(56)57)36(65)47-23(9-13-28(58)59)37(66)48-24(38(67)68)14-29(60)61/h2-5,15,20-24H,6-14,16H2,1H3,(H,44,62)(H,45,63)(H,46,64)(H,47,65)(H,48,66)(H,52,53)(H,54,55)(H,56,57)(H,58,59)(H,60,61)(H,67,68)(H4,40,41,42,49,50)/t20-,21-,22-,23-,24-/m0/s1. The number of aliphatic carboxylic acids is 6. The smallest absolute Gasteiger partial charge is 0.326 e. The van der Waals surface area contributed by atoms with Crippen molar-refractivity contribution in [1.29, 1.82) is 0 Å². The number of benzene rings is 1. The summed E-state index contributed by atoms with van der Waals surface area (Å²) in [7, 11) is 1.71. The fourth-order valence-electron chi connectivity index (χ4n) is 6.11. The second-order valence-corrected chi connectivity index (χ2v) is 14.8. The Morgan fingerprint density at radius 1 is 0.559 bits per heavy atom. The number of amides is 5. The number of aromatic nitrogens is 4. The fraction of sp³-hybridized carbons (Fsp3) is 0.410. The van der Waals surface area contributed by atoms with Crippen molar-refractivity contribution in [2.24, 2.45) is 0 Å². The molecule has 3 aromatic rings. The van der Waals surface area contributed by atoms with Gasteiger partial charge in [-0.1, -0.05) is 0 Å². The summed E-state index contributed by atoms with van der Waals surface area (Å²) in [6.07, 6.45) is -5.43. The normalized spacial score (nSPS) is 13.0. The fourth-order valence-corrected chi connectivity index (χ4v) is 6.11. The molecule has 0 bridgehead atoms. The summed E-state index contributed by atoms with van der Waals surface area (Å²) in [5, 5.41) is 66.4. The van der Waals surface area contributed by atoms with Gasteiger partial charge in [0.25, 0.3) is 5.91 Å². The zero-order valence-corrected chi connectivity index (χ0v) is 35.9. The van der Waals surface area contributed by atoms with E-state index >= 15 is 0 Å². The highest BCUT2D eigenvalue weighted by atomic mass is 16.4. The van der Waals surface area contributed by atoms with E-state index in [2.05, 4.69) is 41.2 Å². The van der Waals surface area contributed by atoms with Gasteiger partial charge in [-0.05, 0) is 49.9 Å². The number of nitrogens with zero attached hydrogens (tertiary/aromatic N) is 5. The number of rotatable bonds is 28. The molecule has 0 radical (unpaired) electrons. The van der Waals surface area contributed by atoms with E-state index in [1.54, 1.807) is 24.1 Å². The summed E-state index contributed by atoms with van der Waals surface area (Å²) in [4.78, 5) is 154. The van der Waals surface area contributed by atoms with E-state index in [-0.39, 0.29) is 35.0 Å². The van der Waals surface area contributed by atoms with Crippen LogP contribution >= 0.6 is 0 Å². The lowest BCUT2D eigenvalue weighted by atomic mass is 10.0. The Bertz CT molecular complexity index is 2420. The van der Waals surface area contributed by atoms with Crippen LogP contribution in [0.15, 0.2) is 30.5 Å². The zero-order chi connectivity index (χ0) is 50.8. The number of hydrogen-bond acceptors (Lipinski definition) is 18. The van der Waals surface area contributed by atoms with Gasteiger partial charge in [0.05, 0.1) is 24.9 Å². The molecule has 366 valence electrons. The molecule has 1 aromatic carbocycles. The molecule has 2 aromatic heterocycles. The molecule has 0 aliphatic carbocycles. The average Bonchev–Trinajstić information content (AvgIpc) is 3.25. The number of carbonyl (C=O) groups is 11. The highest BCUT2D eigenvalue weighted by molar-refractivity contribution is 6.00. The van der Waals surface area contributed by atoms with Crippen molar-refractivity contribution in [1.82, 2.24) is 46.5 Å². The number of carboxylic acids is 6. The Labute approximate surface area is 383 Å². The Kier molecular flexibility index (Phi) is 19.7. The Hall–Kier alpha value is -8.79. The zero-order valence-electron chi connectivity index (χ0n) is 35.9. The van der Waals surface area contributed by atoms with Crippen LogP contribution in [0.2, 0.25) is 0 Å². The maximum Gasteiger partial charge on any atom is 0.326 e. The molecule has 0 aliphatic rings. The third kappa shape index (κ3) is 17.3. The quantitative estimate of drug-likeness (QED) is 0.0351. The van der Waals surface area contributed by atoms with Crippen LogP contribution < -0.4 is 43.0 Å². The van der Waals surface area contributed by atoms with Gasteiger partial charge in [-0.2, -0.15) is 9.97 Å². The van der Waals surface area contributed by atoms with Gasteiger partial charge in [-0.25, -0.2) is 14.8 Å². The Morgan fingerprint density at radius 3 is 1.37 bits per heavy atom. The number of carbonyl (C=O) groups excluding carboxylic acids is 5. The molecule has 3 rings (SSSR count). The average molecular weight is 957 g/mol. The van der Waals surface area contributed by atoms with Gasteiger partial charge in [-0.15, -0.1) is 0 Å². The van der Waals surface area contributed by atoms with Crippen molar-refractivity contribution in [3.63, 3.8) is 0 Å². The molecule has 15 N–H and O–H groups in total. The van der Waals surface area contributed by atoms with Crippen LogP contribution in [-0.4, -0.2) is 153 Å². The van der Waals surface area contributed by atoms with Crippen molar-refractivity contribution >= 4 is 94.0 Å². The summed E-state index contributed by atoms with van der Waals surface area (Å²) in [5.41, 5.74) is 13.0. The van der Waals surface area contributed by atoms with Crippen LogP contribution in [0.1, 0.15) is 73.8 Å². The predicted octanol–water partition coefficient (Wildman–Crippen LogP) is -2.72. The van der Waals surface area contributed by atoms with E-state index in [0.29, 0.717) is 11.4 Å². The number of carboxylic acid groups (broad SMARTS) is 6.